The molecule has 3 aliphatic rings. The topological polar surface area (TPSA) is 373 Å². The van der Waals surface area contributed by atoms with Crippen LogP contribution in [-0.2, 0) is 42.8 Å². The maximum absolute atomic E-state index is 13.6. The van der Waals surface area contributed by atoms with Crippen LogP contribution in [0.4, 0.5) is 0 Å². The molecule has 0 aromatic rings. The van der Waals surface area contributed by atoms with Crippen molar-refractivity contribution in [3.8, 4) is 0 Å². The van der Waals surface area contributed by atoms with Crippen LogP contribution < -0.4 is 10.6 Å². The third-order valence-corrected chi connectivity index (χ3v) is 21.5. The van der Waals surface area contributed by atoms with Gasteiger partial charge in [0.25, 0.3) is 5.79 Å². The highest BCUT2D eigenvalue weighted by Crippen LogP contribution is 2.39. The number of hydrogen-bond donors (Lipinski definition) is 14. The van der Waals surface area contributed by atoms with Gasteiger partial charge in [-0.2, -0.15) is 0 Å². The van der Waals surface area contributed by atoms with Crippen molar-refractivity contribution in [2.24, 2.45) is 0 Å². The number of aliphatic carboxylic acids is 1. The van der Waals surface area contributed by atoms with Crippen molar-refractivity contribution < 1.29 is 104 Å². The number of hydrogen-bond acceptors (Lipinski definition) is 20. The summed E-state index contributed by atoms with van der Waals surface area (Å²) >= 11 is 0. The van der Waals surface area contributed by atoms with Crippen molar-refractivity contribution in [2.75, 3.05) is 26.4 Å². The molecule has 3 heterocycles. The van der Waals surface area contributed by atoms with Crippen molar-refractivity contribution in [1.82, 2.24) is 10.6 Å². The Kier molecular flexibility index (Phi) is 55.4. The predicted molar refractivity (Wildman–Crippen MR) is 403 cm³/mol. The van der Waals surface area contributed by atoms with Crippen LogP contribution in [0.15, 0.2) is 12.2 Å². The standard InChI is InChI=1S/C81H152N2O21/c1-4-6-8-10-12-14-16-18-20-22-24-26-28-30-32-34-36-38-40-42-44-46-48-50-52-54-63(88)62(83-68(91)55-53-51-49-47-45-43-41-39-37-35-33-31-29-27-25-23-21-19-17-15-13-11-9-7-5-2)60-99-78-73(95)72(94)75(67(59-86)101-78)102-79-74(96)77(71(93)66(58-85)100-79)104-81(80(97)98)56-64(89)69(82-61(3)87)76(103-81)70(92)65(90)57-84/h52,54,62-67,69-79,84-86,88-90,92-96H,4-51,53,55-60H2,1-3H3,(H,82,87)(H,83,91)(H,97,98)/b54-52+. The summed E-state index contributed by atoms with van der Waals surface area (Å²) in [5, 5.41) is 137. The fraction of sp³-hybridized carbons (Fsp3) is 0.938. The normalized spacial score (nSPS) is 26.4. The highest BCUT2D eigenvalue weighted by molar-refractivity contribution is 5.77. The number of carbonyl (C=O) groups excluding carboxylic acids is 2. The zero-order valence-corrected chi connectivity index (χ0v) is 64.9. The number of amides is 2. The molecule has 0 aliphatic carbocycles. The first-order valence-electron chi connectivity index (χ1n) is 42.1. The summed E-state index contributed by atoms with van der Waals surface area (Å²) in [5.74, 6) is -6.13. The monoisotopic (exact) mass is 1490 g/mol. The third kappa shape index (κ3) is 39.9. The van der Waals surface area contributed by atoms with Gasteiger partial charge in [-0.15, -0.1) is 0 Å². The number of aliphatic hydroxyl groups excluding tert-OH is 11. The molecule has 612 valence electrons. The minimum absolute atomic E-state index is 0.206. The molecule has 18 unspecified atom stereocenters. The lowest BCUT2D eigenvalue weighted by atomic mass is 9.88. The Bertz CT molecular complexity index is 2120. The Labute approximate surface area is 626 Å². The van der Waals surface area contributed by atoms with E-state index in [1.807, 2.05) is 6.08 Å². The summed E-state index contributed by atoms with van der Waals surface area (Å²) in [6, 6.07) is -2.62. The van der Waals surface area contributed by atoms with E-state index in [1.54, 1.807) is 6.08 Å². The number of aliphatic hydroxyl groups is 11. The zero-order valence-electron chi connectivity index (χ0n) is 64.9. The number of allylic oxidation sites excluding steroid dienone is 1. The summed E-state index contributed by atoms with van der Waals surface area (Å²) < 4.78 is 35.0. The average molecular weight is 1490 g/mol. The van der Waals surface area contributed by atoms with Crippen LogP contribution in [0.3, 0.4) is 0 Å². The molecule has 3 aliphatic heterocycles. The summed E-state index contributed by atoms with van der Waals surface area (Å²) in [7, 11) is 0. The Hall–Kier alpha value is -2.53. The summed E-state index contributed by atoms with van der Waals surface area (Å²) in [5.41, 5.74) is 0. The number of ether oxygens (including phenoxy) is 6. The lowest BCUT2D eigenvalue weighted by Gasteiger charge is -2.50. The van der Waals surface area contributed by atoms with E-state index in [0.717, 1.165) is 51.9 Å². The first kappa shape index (κ1) is 95.7. The van der Waals surface area contributed by atoms with E-state index in [2.05, 4.69) is 24.5 Å². The highest BCUT2D eigenvalue weighted by atomic mass is 16.8. The Morgan fingerprint density at radius 2 is 0.894 bits per heavy atom. The van der Waals surface area contributed by atoms with Crippen LogP contribution in [0.5, 0.6) is 0 Å². The van der Waals surface area contributed by atoms with E-state index in [-0.39, 0.29) is 12.3 Å². The van der Waals surface area contributed by atoms with Crippen molar-refractivity contribution in [2.45, 2.75) is 458 Å². The van der Waals surface area contributed by atoms with E-state index >= 15 is 0 Å². The molecule has 0 saturated carbocycles. The van der Waals surface area contributed by atoms with Gasteiger partial charge in [-0.05, 0) is 19.3 Å². The second-order valence-corrected chi connectivity index (χ2v) is 30.7. The number of carboxylic acids is 1. The minimum Gasteiger partial charge on any atom is -0.477 e. The number of unbranched alkanes of at least 4 members (excludes halogenated alkanes) is 47. The van der Waals surface area contributed by atoms with Crippen LogP contribution >= 0.6 is 0 Å². The van der Waals surface area contributed by atoms with Crippen LogP contribution in [0, 0.1) is 0 Å². The van der Waals surface area contributed by atoms with E-state index in [0.29, 0.717) is 12.8 Å². The molecule has 0 radical (unpaired) electrons. The van der Waals surface area contributed by atoms with Gasteiger partial charge in [0.2, 0.25) is 11.8 Å². The number of nitrogens with one attached hydrogen (secondary N) is 2. The van der Waals surface area contributed by atoms with Crippen LogP contribution in [0.2, 0.25) is 0 Å². The molecule has 14 N–H and O–H groups in total. The molecule has 3 fully saturated rings. The molecular formula is C81H152N2O21. The molecule has 3 saturated heterocycles. The predicted octanol–water partition coefficient (Wildman–Crippen LogP) is 11.7. The highest BCUT2D eigenvalue weighted by Gasteiger charge is 2.60. The molecule has 104 heavy (non-hydrogen) atoms. The van der Waals surface area contributed by atoms with Crippen LogP contribution in [0.1, 0.15) is 348 Å². The molecule has 2 amide bonds. The Balaban J connectivity index is 1.51. The number of rotatable bonds is 67. The minimum atomic E-state index is -3.08. The lowest BCUT2D eigenvalue weighted by molar-refractivity contribution is -0.386. The van der Waals surface area contributed by atoms with Crippen molar-refractivity contribution in [1.29, 1.82) is 0 Å². The van der Waals surface area contributed by atoms with Gasteiger partial charge >= 0.3 is 5.97 Å². The summed E-state index contributed by atoms with van der Waals surface area (Å²) in [4.78, 5) is 38.7. The first-order chi connectivity index (χ1) is 50.4. The number of carbonyl (C=O) groups is 3. The van der Waals surface area contributed by atoms with E-state index in [1.165, 1.54) is 257 Å². The lowest BCUT2D eigenvalue weighted by Crippen LogP contribution is -2.70. The van der Waals surface area contributed by atoms with Crippen molar-refractivity contribution in [3.63, 3.8) is 0 Å². The zero-order chi connectivity index (χ0) is 76.0. The Morgan fingerprint density at radius 3 is 1.28 bits per heavy atom. The van der Waals surface area contributed by atoms with E-state index in [9.17, 15) is 75.7 Å². The van der Waals surface area contributed by atoms with Gasteiger partial charge in [0.05, 0.1) is 50.7 Å². The second kappa shape index (κ2) is 60.2. The maximum atomic E-state index is 13.6. The van der Waals surface area contributed by atoms with Gasteiger partial charge in [-0.25, -0.2) is 4.79 Å². The molecule has 23 nitrogen and oxygen atoms in total. The SMILES string of the molecule is CCCCCCCCCCCCCCCCCCCCCCCCC/C=C/C(O)C(COC1OC(CO)C(OC2OC(CO)C(O)C(OC3(C(=O)O)CC(O)C(NC(C)=O)C(C(O)C(O)CO)O3)C2O)C(O)C1O)NC(=O)CCCCCCCCCCCCCCCCCCCCCCCCCCC. The van der Waals surface area contributed by atoms with Gasteiger partial charge in [0.15, 0.2) is 12.6 Å². The molecule has 3 rings (SSSR count). The summed E-state index contributed by atoms with van der Waals surface area (Å²) in [6.07, 6.45) is 36.7. The number of carboxylic acid groups (broad SMARTS) is 1. The smallest absolute Gasteiger partial charge is 0.364 e. The quantitative estimate of drug-likeness (QED) is 0.0199. The van der Waals surface area contributed by atoms with E-state index in [4.69, 9.17) is 28.4 Å². The van der Waals surface area contributed by atoms with Gasteiger partial charge in [0.1, 0.15) is 67.1 Å². The van der Waals surface area contributed by atoms with E-state index < -0.39 is 155 Å². The molecule has 0 bridgehead atoms. The van der Waals surface area contributed by atoms with Gasteiger partial charge in [-0.3, -0.25) is 9.59 Å². The van der Waals surface area contributed by atoms with Crippen molar-refractivity contribution in [3.05, 3.63) is 12.2 Å². The molecular weight excluding hydrogens is 1340 g/mol. The van der Waals surface area contributed by atoms with Gasteiger partial charge in [-0.1, -0.05) is 321 Å². The fourth-order valence-corrected chi connectivity index (χ4v) is 14.8. The average Bonchev–Trinajstić information content (AvgIpc) is 0.753. The van der Waals surface area contributed by atoms with Gasteiger partial charge in [0, 0.05) is 19.8 Å². The fourth-order valence-electron chi connectivity index (χ4n) is 14.8. The largest absolute Gasteiger partial charge is 0.477 e. The van der Waals surface area contributed by atoms with Crippen LogP contribution in [0.25, 0.3) is 0 Å². The molecule has 23 heteroatoms. The molecule has 18 atom stereocenters. The summed E-state index contributed by atoms with van der Waals surface area (Å²) in [6.45, 7) is 2.21. The van der Waals surface area contributed by atoms with Gasteiger partial charge < -0.3 is 100 Å². The Morgan fingerprint density at radius 1 is 0.500 bits per heavy atom. The first-order valence-corrected chi connectivity index (χ1v) is 42.1. The maximum Gasteiger partial charge on any atom is 0.364 e. The van der Waals surface area contributed by atoms with Crippen molar-refractivity contribution >= 4 is 17.8 Å². The molecule has 0 aromatic carbocycles. The third-order valence-electron chi connectivity index (χ3n) is 21.5. The molecule has 0 spiro atoms. The second-order valence-electron chi connectivity index (χ2n) is 30.7. The molecule has 0 aromatic heterocycles. The van der Waals surface area contributed by atoms with Crippen LogP contribution in [-0.4, -0.2) is 215 Å².